The van der Waals surface area contributed by atoms with Crippen LogP contribution < -0.4 is 0 Å². The molecule has 11 heteroatoms. The molecule has 0 bridgehead atoms. The Morgan fingerprint density at radius 3 is 0.693 bits per heavy atom. The summed E-state index contributed by atoms with van der Waals surface area (Å²) in [5.41, 5.74) is 29.9. The lowest BCUT2D eigenvalue weighted by Gasteiger charge is -2.11. The van der Waals surface area contributed by atoms with Crippen LogP contribution in [-0.2, 0) is 0 Å². The smallest absolute Gasteiger partial charge is 0.159 e. The molecule has 24 aromatic carbocycles. The monoisotopic (exact) mass is 1910 g/mol. The Morgan fingerprint density at radius 1 is 0.127 bits per heavy atom. The average molecular weight is 1910 g/mol. The lowest BCUT2D eigenvalue weighted by molar-refractivity contribution is 1.17. The SMILES string of the molecule is c1ccc(-n2c3ccccc3c3c4c5cc(-c6ccc7c8ccccc8c8ccccc8c7n6)ccc5n(-c5ccccc5)c4ccc32)cc1.c1ccc(-n2c3ccccc3c3c4c5cc(-c6cnc7c8ccccc8c8ccccc8c7n6)ccc5n(-c5ccccc5)c4ccc32)cc1.c1ccc(-n2c3ccccc3c3c4c5cc(-c6ncc7c8ccccc8c8ccccc8c7n6)ccc5n(-c5ccccc5)c4ccc32)cc1. The summed E-state index contributed by atoms with van der Waals surface area (Å²) in [5.74, 6) is 0.722. The first kappa shape index (κ1) is 84.3. The molecule has 0 spiro atoms. The molecule has 0 aliphatic heterocycles. The Bertz CT molecular complexity index is 10300. The first-order valence-corrected chi connectivity index (χ1v) is 51.2. The summed E-state index contributed by atoms with van der Waals surface area (Å²) >= 11 is 0. The van der Waals surface area contributed by atoms with Gasteiger partial charge in [-0.2, -0.15) is 0 Å². The van der Waals surface area contributed by atoms with Crippen LogP contribution >= 0.6 is 0 Å². The summed E-state index contributed by atoms with van der Waals surface area (Å²) in [7, 11) is 0. The average Bonchev–Trinajstić information content (AvgIpc) is 1.55. The lowest BCUT2D eigenvalue weighted by Crippen LogP contribution is -1.95. The molecule has 696 valence electrons. The highest BCUT2D eigenvalue weighted by Crippen LogP contribution is 2.50. The number of rotatable bonds is 9. The van der Waals surface area contributed by atoms with Crippen molar-refractivity contribution in [3.63, 3.8) is 0 Å². The third-order valence-electron chi connectivity index (χ3n) is 31.1. The van der Waals surface area contributed by atoms with Crippen molar-refractivity contribution < 1.29 is 0 Å². The molecule has 9 aromatic heterocycles. The van der Waals surface area contributed by atoms with Gasteiger partial charge in [0.15, 0.2) is 5.82 Å². The number of fused-ring (bicyclic) bond motifs is 39. The quantitative estimate of drug-likeness (QED) is 0.134. The minimum atomic E-state index is 0.722. The van der Waals surface area contributed by atoms with Crippen molar-refractivity contribution in [1.29, 1.82) is 0 Å². The Hall–Kier alpha value is -20.3. The minimum absolute atomic E-state index is 0.722. The predicted octanol–water partition coefficient (Wildman–Crippen LogP) is 36.0. The Balaban J connectivity index is 0.000000101. The molecule has 0 radical (unpaired) electrons. The maximum atomic E-state index is 5.42. The number of para-hydroxylation sites is 9. The normalized spacial score (nSPS) is 12.0. The molecule has 0 aliphatic rings. The van der Waals surface area contributed by atoms with Crippen LogP contribution in [0.2, 0.25) is 0 Å². The summed E-state index contributed by atoms with van der Waals surface area (Å²) in [5, 5.41) is 31.3. The zero-order valence-corrected chi connectivity index (χ0v) is 81.0. The Morgan fingerprint density at radius 2 is 0.353 bits per heavy atom. The Kier molecular flexibility index (Phi) is 18.9. The van der Waals surface area contributed by atoms with Crippen LogP contribution in [0.25, 0.3) is 296 Å². The zero-order valence-electron chi connectivity index (χ0n) is 81.0. The first-order chi connectivity index (χ1) is 74.5. The van der Waals surface area contributed by atoms with Crippen molar-refractivity contribution in [2.24, 2.45) is 0 Å². The molecule has 33 aromatic rings. The van der Waals surface area contributed by atoms with Crippen LogP contribution in [0.3, 0.4) is 0 Å². The number of hydrogen-bond acceptors (Lipinski definition) is 5. The minimum Gasteiger partial charge on any atom is -0.309 e. The van der Waals surface area contributed by atoms with Gasteiger partial charge in [0, 0.05) is 154 Å². The van der Waals surface area contributed by atoms with E-state index in [-0.39, 0.29) is 0 Å². The molecule has 150 heavy (non-hydrogen) atoms. The molecule has 0 unspecified atom stereocenters. The van der Waals surface area contributed by atoms with Gasteiger partial charge in [-0.3, -0.25) is 4.98 Å². The van der Waals surface area contributed by atoms with Gasteiger partial charge in [0.2, 0.25) is 0 Å². The van der Waals surface area contributed by atoms with E-state index in [0.29, 0.717) is 0 Å². The first-order valence-electron chi connectivity index (χ1n) is 51.2. The fraction of sp³-hybridized carbons (Fsp3) is 0. The molecule has 33 rings (SSSR count). The third-order valence-corrected chi connectivity index (χ3v) is 31.1. The van der Waals surface area contributed by atoms with Crippen molar-refractivity contribution in [2.75, 3.05) is 0 Å². The predicted molar refractivity (Wildman–Crippen MR) is 628 cm³/mol. The van der Waals surface area contributed by atoms with Crippen LogP contribution in [0.5, 0.6) is 0 Å². The van der Waals surface area contributed by atoms with Gasteiger partial charge in [0.1, 0.15) is 0 Å². The van der Waals surface area contributed by atoms with E-state index in [4.69, 9.17) is 24.9 Å². The van der Waals surface area contributed by atoms with Crippen molar-refractivity contribution in [1.82, 2.24) is 52.3 Å². The third kappa shape index (κ3) is 12.8. The van der Waals surface area contributed by atoms with E-state index < -0.39 is 0 Å². The molecule has 0 fully saturated rings. The number of nitrogens with zero attached hydrogens (tertiary/aromatic N) is 11. The maximum absolute atomic E-state index is 5.42. The van der Waals surface area contributed by atoms with Crippen molar-refractivity contribution in [2.45, 2.75) is 0 Å². The number of benzene rings is 24. The fourth-order valence-corrected chi connectivity index (χ4v) is 24.8. The second-order valence-corrected chi connectivity index (χ2v) is 39.1. The van der Waals surface area contributed by atoms with Crippen LogP contribution in [0.4, 0.5) is 0 Å². The van der Waals surface area contributed by atoms with Crippen LogP contribution in [0.15, 0.2) is 516 Å². The molecular formula is C139H85N11. The van der Waals surface area contributed by atoms with E-state index in [1.54, 1.807) is 0 Å². The molecule has 0 amide bonds. The molecule has 0 saturated carbocycles. The van der Waals surface area contributed by atoms with E-state index in [1.165, 1.54) is 174 Å². The molecular weight excluding hydrogens is 1820 g/mol. The van der Waals surface area contributed by atoms with Crippen molar-refractivity contribution >= 4 is 228 Å². The van der Waals surface area contributed by atoms with Crippen LogP contribution in [0.1, 0.15) is 0 Å². The topological polar surface area (TPSA) is 94.0 Å². The number of aromatic nitrogens is 11. The van der Waals surface area contributed by atoms with Gasteiger partial charge < -0.3 is 27.4 Å². The summed E-state index contributed by atoms with van der Waals surface area (Å²) in [6, 6.07) is 181. The summed E-state index contributed by atoms with van der Waals surface area (Å²) < 4.78 is 14.4. The zero-order chi connectivity index (χ0) is 98.3. The van der Waals surface area contributed by atoms with E-state index in [2.05, 4.69) is 531 Å². The van der Waals surface area contributed by atoms with Gasteiger partial charge >= 0.3 is 0 Å². The molecule has 0 aliphatic carbocycles. The number of hydrogen-bond donors (Lipinski definition) is 0. The Labute approximate surface area is 858 Å². The van der Waals surface area contributed by atoms with Gasteiger partial charge in [-0.1, -0.05) is 322 Å². The lowest BCUT2D eigenvalue weighted by atomic mass is 9.96. The molecule has 11 nitrogen and oxygen atoms in total. The molecule has 0 N–H and O–H groups in total. The van der Waals surface area contributed by atoms with Crippen LogP contribution in [-0.4, -0.2) is 52.3 Å². The standard InChI is InChI=1S/C47H29N3.2C46H28N4/c1-3-13-31(14-4-1)49-41-22-12-11-21-38(41)45-43(49)27-28-44-46(45)39-29-30(23-26-42(39)50(44)32-15-5-2-6-16-32)40-25-24-37-35-19-8-7-17-33(35)34-18-9-10-20-36(34)47(37)48-40;1-3-13-30(14-4-1)49-39-22-12-11-21-36(39)43-41(49)25-26-42-44(43)37-27-29(23-24-40(37)50(42)31-15-5-2-6-16-31)38-28-47-45-34-19-9-7-17-32(34)33-18-8-10-20-35(33)46(45)48-38;1-3-13-30(14-4-1)49-39-22-12-11-21-36(39)43-41(49)25-26-42-44(43)37-27-29(23-24-40(37)50(42)31-15-5-2-6-16-31)46-47-28-38-34-19-8-7-17-32(34)33-18-9-10-20-35(33)45(38)48-46/h1-29H;2*1-28H. The van der Waals surface area contributed by atoms with Crippen molar-refractivity contribution in [3.05, 3.63) is 516 Å². The highest BCUT2D eigenvalue weighted by Gasteiger charge is 2.28. The van der Waals surface area contributed by atoms with Gasteiger partial charge in [-0.25, -0.2) is 19.9 Å². The molecule has 9 heterocycles. The second-order valence-electron chi connectivity index (χ2n) is 39.1. The van der Waals surface area contributed by atoms with E-state index in [0.717, 1.165) is 123 Å². The molecule has 0 atom stereocenters. The highest BCUT2D eigenvalue weighted by atomic mass is 15.0. The molecule has 0 saturated heterocycles. The van der Waals surface area contributed by atoms with E-state index in [9.17, 15) is 0 Å². The summed E-state index contributed by atoms with van der Waals surface area (Å²) in [6.45, 7) is 0. The highest BCUT2D eigenvalue weighted by molar-refractivity contribution is 6.34. The largest absolute Gasteiger partial charge is 0.309 e. The van der Waals surface area contributed by atoms with Gasteiger partial charge in [-0.05, 0) is 225 Å². The van der Waals surface area contributed by atoms with Gasteiger partial charge in [0.25, 0.3) is 0 Å². The van der Waals surface area contributed by atoms with Gasteiger partial charge in [-0.15, -0.1) is 0 Å². The van der Waals surface area contributed by atoms with Crippen LogP contribution in [0, 0.1) is 0 Å². The summed E-state index contributed by atoms with van der Waals surface area (Å²) in [4.78, 5) is 26.2. The van der Waals surface area contributed by atoms with E-state index >= 15 is 0 Å². The number of pyridine rings is 1. The summed E-state index contributed by atoms with van der Waals surface area (Å²) in [6.07, 6.45) is 3.95. The van der Waals surface area contributed by atoms with Gasteiger partial charge in [0.05, 0.1) is 106 Å². The second kappa shape index (κ2) is 33.7. The fourth-order valence-electron chi connectivity index (χ4n) is 24.8. The maximum Gasteiger partial charge on any atom is 0.159 e. The van der Waals surface area contributed by atoms with E-state index in [1.807, 2.05) is 12.4 Å². The van der Waals surface area contributed by atoms with Crippen molar-refractivity contribution in [3.8, 4) is 68.0 Å².